The second-order valence-corrected chi connectivity index (χ2v) is 9.64. The molecule has 172 valence electrons. The predicted molar refractivity (Wildman–Crippen MR) is 127 cm³/mol. The minimum Gasteiger partial charge on any atom is -0.392 e. The summed E-state index contributed by atoms with van der Waals surface area (Å²) < 4.78 is 0. The van der Waals surface area contributed by atoms with E-state index in [0.29, 0.717) is 23.2 Å². The number of aromatic nitrogens is 1. The molecule has 4 rings (SSSR count). The summed E-state index contributed by atoms with van der Waals surface area (Å²) in [6.07, 6.45) is 5.54. The highest BCUT2D eigenvalue weighted by Gasteiger charge is 2.32. The van der Waals surface area contributed by atoms with E-state index in [1.807, 2.05) is 41.3 Å². The number of piperidine rings is 2. The fourth-order valence-corrected chi connectivity index (χ4v) is 5.11. The second kappa shape index (κ2) is 10.6. The molecule has 2 aromatic rings. The van der Waals surface area contributed by atoms with Gasteiger partial charge in [-0.25, -0.2) is 4.98 Å². The second-order valence-electron chi connectivity index (χ2n) is 9.20. The molecule has 0 radical (unpaired) electrons. The highest BCUT2D eigenvalue weighted by Crippen LogP contribution is 2.27. The van der Waals surface area contributed by atoms with Gasteiger partial charge in [0.05, 0.1) is 6.10 Å². The average Bonchev–Trinajstić information content (AvgIpc) is 2.81. The Morgan fingerprint density at radius 3 is 2.41 bits per heavy atom. The van der Waals surface area contributed by atoms with Crippen LogP contribution in [0, 0.1) is 11.8 Å². The standard InChI is InChI=1S/C25H33ClN4O2/c26-22-3-1-18(2-4-22)15-23(31)20-8-13-30(14-9-20)25(32)21-6-11-29(12-7-21)17-19-5-10-28-24(27)16-19/h1-5,10,16,20-21,23,31H,6-9,11-15,17H2,(H2,27,28). The van der Waals surface area contributed by atoms with E-state index in [1.165, 1.54) is 5.56 Å². The van der Waals surface area contributed by atoms with Gasteiger partial charge in [0.25, 0.3) is 0 Å². The molecule has 2 fully saturated rings. The van der Waals surface area contributed by atoms with Gasteiger partial charge in [-0.05, 0) is 86.5 Å². The van der Waals surface area contributed by atoms with Crippen LogP contribution in [0.1, 0.15) is 36.8 Å². The van der Waals surface area contributed by atoms with Crippen LogP contribution in [-0.4, -0.2) is 58.1 Å². The summed E-state index contributed by atoms with van der Waals surface area (Å²) in [4.78, 5) is 21.5. The molecule has 3 N–H and O–H groups in total. The molecular formula is C25H33ClN4O2. The number of likely N-dealkylation sites (tertiary alicyclic amines) is 2. The van der Waals surface area contributed by atoms with Crippen LogP contribution in [0.3, 0.4) is 0 Å². The number of nitrogen functional groups attached to an aromatic ring is 1. The van der Waals surface area contributed by atoms with Crippen molar-refractivity contribution in [2.75, 3.05) is 31.9 Å². The Bertz CT molecular complexity index is 891. The molecule has 1 unspecified atom stereocenters. The molecule has 0 saturated carbocycles. The topological polar surface area (TPSA) is 82.7 Å². The van der Waals surface area contributed by atoms with Crippen LogP contribution in [-0.2, 0) is 17.8 Å². The number of hydrogen-bond donors (Lipinski definition) is 2. The zero-order valence-corrected chi connectivity index (χ0v) is 19.3. The molecule has 32 heavy (non-hydrogen) atoms. The molecule has 0 aliphatic carbocycles. The van der Waals surface area contributed by atoms with Gasteiger partial charge >= 0.3 is 0 Å². The number of halogens is 1. The largest absolute Gasteiger partial charge is 0.392 e. The zero-order valence-electron chi connectivity index (χ0n) is 18.5. The first-order valence-corrected chi connectivity index (χ1v) is 12.0. The van der Waals surface area contributed by atoms with Crippen LogP contribution < -0.4 is 5.73 Å². The molecule has 7 heteroatoms. The third-order valence-corrected chi connectivity index (χ3v) is 7.19. The van der Waals surface area contributed by atoms with Crippen LogP contribution in [0.2, 0.25) is 5.02 Å². The van der Waals surface area contributed by atoms with E-state index < -0.39 is 0 Å². The van der Waals surface area contributed by atoms with Crippen molar-refractivity contribution in [1.29, 1.82) is 0 Å². The molecule has 2 aliphatic rings. The Morgan fingerprint density at radius 1 is 1.06 bits per heavy atom. The highest BCUT2D eigenvalue weighted by atomic mass is 35.5. The summed E-state index contributed by atoms with van der Waals surface area (Å²) in [6.45, 7) is 4.20. The van der Waals surface area contributed by atoms with Gasteiger partial charge in [-0.2, -0.15) is 0 Å². The van der Waals surface area contributed by atoms with Crippen LogP contribution in [0.15, 0.2) is 42.6 Å². The maximum absolute atomic E-state index is 13.1. The van der Waals surface area contributed by atoms with Crippen molar-refractivity contribution >= 4 is 23.3 Å². The van der Waals surface area contributed by atoms with E-state index in [1.54, 1.807) is 6.20 Å². The minimum atomic E-state index is -0.376. The van der Waals surface area contributed by atoms with Gasteiger partial charge in [0, 0.05) is 36.8 Å². The molecule has 1 atom stereocenters. The summed E-state index contributed by atoms with van der Waals surface area (Å²) in [5, 5.41) is 11.4. The van der Waals surface area contributed by atoms with Gasteiger partial charge in [-0.1, -0.05) is 23.7 Å². The SMILES string of the molecule is Nc1cc(CN2CCC(C(=O)N3CCC(C(O)Cc4ccc(Cl)cc4)CC3)CC2)ccn1. The number of benzene rings is 1. The van der Waals surface area contributed by atoms with Gasteiger partial charge in [-0.3, -0.25) is 9.69 Å². The molecule has 3 heterocycles. The lowest BCUT2D eigenvalue weighted by molar-refractivity contribution is -0.139. The third-order valence-electron chi connectivity index (χ3n) is 6.94. The summed E-state index contributed by atoms with van der Waals surface area (Å²) in [7, 11) is 0. The number of nitrogens with two attached hydrogens (primary N) is 1. The third kappa shape index (κ3) is 6.00. The van der Waals surface area contributed by atoms with E-state index in [-0.39, 0.29) is 17.9 Å². The Labute approximate surface area is 195 Å². The van der Waals surface area contributed by atoms with E-state index >= 15 is 0 Å². The lowest BCUT2D eigenvalue weighted by atomic mass is 9.87. The smallest absolute Gasteiger partial charge is 0.225 e. The molecule has 0 bridgehead atoms. The molecule has 1 aromatic carbocycles. The Morgan fingerprint density at radius 2 is 1.75 bits per heavy atom. The fourth-order valence-electron chi connectivity index (χ4n) is 4.98. The first-order chi connectivity index (χ1) is 15.5. The van der Waals surface area contributed by atoms with Crippen LogP contribution >= 0.6 is 11.6 Å². The quantitative estimate of drug-likeness (QED) is 0.696. The summed E-state index contributed by atoms with van der Waals surface area (Å²) >= 11 is 5.95. The van der Waals surface area contributed by atoms with Gasteiger partial charge in [0.1, 0.15) is 5.82 Å². The normalized spacial score (nSPS) is 19.8. The molecule has 6 nitrogen and oxygen atoms in total. The number of aliphatic hydroxyl groups is 1. The van der Waals surface area contributed by atoms with E-state index in [4.69, 9.17) is 17.3 Å². The summed E-state index contributed by atoms with van der Waals surface area (Å²) in [5.74, 6) is 1.20. The molecule has 0 spiro atoms. The highest BCUT2D eigenvalue weighted by molar-refractivity contribution is 6.30. The number of rotatable bonds is 6. The van der Waals surface area contributed by atoms with Crippen molar-refractivity contribution < 1.29 is 9.90 Å². The Kier molecular flexibility index (Phi) is 7.66. The number of nitrogens with zero attached hydrogens (tertiary/aromatic N) is 3. The number of pyridine rings is 1. The number of anilines is 1. The van der Waals surface area contributed by atoms with Gasteiger partial charge in [-0.15, -0.1) is 0 Å². The first kappa shape index (κ1) is 23.0. The predicted octanol–water partition coefficient (Wildman–Crippen LogP) is 3.37. The monoisotopic (exact) mass is 456 g/mol. The summed E-state index contributed by atoms with van der Waals surface area (Å²) in [6, 6.07) is 11.6. The molecule has 2 aliphatic heterocycles. The van der Waals surface area contributed by atoms with Crippen LogP contribution in [0.4, 0.5) is 5.82 Å². The van der Waals surface area contributed by atoms with Crippen LogP contribution in [0.5, 0.6) is 0 Å². The van der Waals surface area contributed by atoms with Crippen molar-refractivity contribution in [2.24, 2.45) is 11.8 Å². The number of carbonyl (C=O) groups excluding carboxylic acids is 1. The van der Waals surface area contributed by atoms with Gasteiger partial charge < -0.3 is 15.7 Å². The number of hydrogen-bond acceptors (Lipinski definition) is 5. The Balaban J connectivity index is 1.20. The van der Waals surface area contributed by atoms with Crippen molar-refractivity contribution in [3.63, 3.8) is 0 Å². The fraction of sp³-hybridized carbons (Fsp3) is 0.520. The molecule has 1 aromatic heterocycles. The molecule has 1 amide bonds. The van der Waals surface area contributed by atoms with Crippen molar-refractivity contribution in [3.05, 3.63) is 58.7 Å². The van der Waals surface area contributed by atoms with Crippen LogP contribution in [0.25, 0.3) is 0 Å². The maximum Gasteiger partial charge on any atom is 0.225 e. The maximum atomic E-state index is 13.1. The molecule has 2 saturated heterocycles. The zero-order chi connectivity index (χ0) is 22.5. The van der Waals surface area contributed by atoms with Crippen molar-refractivity contribution in [1.82, 2.24) is 14.8 Å². The van der Waals surface area contributed by atoms with E-state index in [2.05, 4.69) is 9.88 Å². The van der Waals surface area contributed by atoms with Gasteiger partial charge in [0.15, 0.2) is 0 Å². The van der Waals surface area contributed by atoms with Gasteiger partial charge in [0.2, 0.25) is 5.91 Å². The average molecular weight is 457 g/mol. The number of aliphatic hydroxyl groups excluding tert-OH is 1. The summed E-state index contributed by atoms with van der Waals surface area (Å²) in [5.41, 5.74) is 8.05. The lowest BCUT2D eigenvalue weighted by Crippen LogP contribution is -2.46. The van der Waals surface area contributed by atoms with E-state index in [0.717, 1.165) is 64.0 Å². The minimum absolute atomic E-state index is 0.115. The Hall–Kier alpha value is -2.15. The first-order valence-electron chi connectivity index (χ1n) is 11.6. The number of carbonyl (C=O) groups is 1. The molecular weight excluding hydrogens is 424 g/mol. The van der Waals surface area contributed by atoms with Crippen molar-refractivity contribution in [2.45, 2.75) is 44.8 Å². The van der Waals surface area contributed by atoms with Crippen molar-refractivity contribution in [3.8, 4) is 0 Å². The van der Waals surface area contributed by atoms with E-state index in [9.17, 15) is 9.90 Å². The number of amides is 1. The lowest BCUT2D eigenvalue weighted by Gasteiger charge is -2.38.